The highest BCUT2D eigenvalue weighted by molar-refractivity contribution is 9.11. The maximum absolute atomic E-state index is 13.0. The van der Waals surface area contributed by atoms with Gasteiger partial charge in [0.05, 0.1) is 21.6 Å². The predicted molar refractivity (Wildman–Crippen MR) is 120 cm³/mol. The topological polar surface area (TPSA) is 73.4 Å². The number of hydrogen-bond acceptors (Lipinski definition) is 5. The lowest BCUT2D eigenvalue weighted by Crippen LogP contribution is -2.45. The van der Waals surface area contributed by atoms with Gasteiger partial charge in [-0.25, -0.2) is 0 Å². The van der Waals surface area contributed by atoms with Crippen molar-refractivity contribution in [1.29, 1.82) is 5.26 Å². The Labute approximate surface area is 179 Å². The van der Waals surface area contributed by atoms with Crippen molar-refractivity contribution in [3.05, 3.63) is 39.0 Å². The first-order valence-corrected chi connectivity index (χ1v) is 10.9. The van der Waals surface area contributed by atoms with Crippen LogP contribution in [0.3, 0.4) is 0 Å². The highest BCUT2D eigenvalue weighted by atomic mass is 79.9. The molecule has 0 aliphatic carbocycles. The van der Waals surface area contributed by atoms with E-state index in [-0.39, 0.29) is 12.5 Å². The fourth-order valence-electron chi connectivity index (χ4n) is 3.13. The quantitative estimate of drug-likeness (QED) is 0.587. The molecule has 0 aliphatic heterocycles. The molecule has 0 radical (unpaired) electrons. The SMILES string of the molecule is CC(C)C[C@H](N)C(=O)N(CC#N)c1c(-c2cccc(CN(C)C)c2)csc1Br. The van der Waals surface area contributed by atoms with Gasteiger partial charge in [-0.1, -0.05) is 32.0 Å². The standard InChI is InChI=1S/C21H27BrN4OS/c1-14(2)10-18(24)21(27)26(9-8-23)19-17(13-28-20(19)22)16-7-5-6-15(11-16)12-25(3)4/h5-7,11,13-14,18H,9-10,12,24H2,1-4H3/t18-/m0/s1. The number of hydrogen-bond donors (Lipinski definition) is 1. The molecule has 0 spiro atoms. The minimum Gasteiger partial charge on any atom is -0.320 e. The number of nitrogens with two attached hydrogens (primary N) is 1. The molecule has 1 amide bonds. The van der Waals surface area contributed by atoms with Gasteiger partial charge in [-0.15, -0.1) is 11.3 Å². The lowest BCUT2D eigenvalue weighted by Gasteiger charge is -2.25. The molecule has 0 fully saturated rings. The number of carbonyl (C=O) groups is 1. The first-order chi connectivity index (χ1) is 13.2. The molecule has 2 aromatic rings. The highest BCUT2D eigenvalue weighted by Crippen LogP contribution is 2.42. The molecule has 2 rings (SSSR count). The number of nitriles is 1. The van der Waals surface area contributed by atoms with Gasteiger partial charge in [-0.05, 0) is 59.6 Å². The molecule has 28 heavy (non-hydrogen) atoms. The van der Waals surface area contributed by atoms with Gasteiger partial charge in [0.1, 0.15) is 6.54 Å². The van der Waals surface area contributed by atoms with Crippen LogP contribution >= 0.6 is 27.3 Å². The number of amides is 1. The summed E-state index contributed by atoms with van der Waals surface area (Å²) in [5.41, 5.74) is 10.0. The number of nitrogens with zero attached hydrogens (tertiary/aromatic N) is 3. The molecule has 1 aromatic heterocycles. The van der Waals surface area contributed by atoms with Crippen LogP contribution < -0.4 is 10.6 Å². The molecule has 150 valence electrons. The first-order valence-electron chi connectivity index (χ1n) is 9.19. The van der Waals surface area contributed by atoms with Gasteiger partial charge in [0.15, 0.2) is 0 Å². The predicted octanol–water partition coefficient (Wildman–Crippen LogP) is 4.47. The minimum atomic E-state index is -0.631. The first kappa shape index (κ1) is 22.6. The summed E-state index contributed by atoms with van der Waals surface area (Å²) < 4.78 is 0.820. The van der Waals surface area contributed by atoms with Crippen LogP contribution in [-0.2, 0) is 11.3 Å². The Morgan fingerprint density at radius 1 is 1.36 bits per heavy atom. The van der Waals surface area contributed by atoms with Crippen molar-refractivity contribution in [2.75, 3.05) is 25.5 Å². The average molecular weight is 463 g/mol. The number of halogens is 1. The molecule has 0 saturated carbocycles. The van der Waals surface area contributed by atoms with E-state index >= 15 is 0 Å². The lowest BCUT2D eigenvalue weighted by atomic mass is 10.0. The van der Waals surface area contributed by atoms with Crippen LogP contribution in [-0.4, -0.2) is 37.5 Å². The Bertz CT molecular complexity index is 856. The Morgan fingerprint density at radius 2 is 2.07 bits per heavy atom. The lowest BCUT2D eigenvalue weighted by molar-refractivity contribution is -0.120. The van der Waals surface area contributed by atoms with Crippen LogP contribution in [0.1, 0.15) is 25.8 Å². The summed E-state index contributed by atoms with van der Waals surface area (Å²) in [6.07, 6.45) is 0.580. The third-order valence-electron chi connectivity index (χ3n) is 4.27. The van der Waals surface area contributed by atoms with Crippen molar-refractivity contribution >= 4 is 38.9 Å². The molecule has 0 aliphatic rings. The molecule has 1 aromatic carbocycles. The molecule has 0 saturated heterocycles. The van der Waals surface area contributed by atoms with Gasteiger partial charge < -0.3 is 10.6 Å². The van der Waals surface area contributed by atoms with Crippen LogP contribution in [0.15, 0.2) is 33.4 Å². The minimum absolute atomic E-state index is 0.0374. The van der Waals surface area contributed by atoms with E-state index in [1.807, 2.05) is 45.5 Å². The van der Waals surface area contributed by atoms with Crippen molar-refractivity contribution in [2.24, 2.45) is 11.7 Å². The summed E-state index contributed by atoms with van der Waals surface area (Å²) in [4.78, 5) is 16.7. The van der Waals surface area contributed by atoms with Crippen LogP contribution in [0, 0.1) is 17.2 Å². The number of anilines is 1. The van der Waals surface area contributed by atoms with Gasteiger partial charge in [0, 0.05) is 17.5 Å². The normalized spacial score (nSPS) is 12.2. The maximum atomic E-state index is 13.0. The third kappa shape index (κ3) is 5.65. The van der Waals surface area contributed by atoms with Gasteiger partial charge in [0.2, 0.25) is 5.91 Å². The Morgan fingerprint density at radius 3 is 2.68 bits per heavy atom. The number of rotatable bonds is 8. The summed E-state index contributed by atoms with van der Waals surface area (Å²) in [6.45, 7) is 4.85. The summed E-state index contributed by atoms with van der Waals surface area (Å²) in [5, 5.41) is 11.4. The van der Waals surface area contributed by atoms with Crippen molar-refractivity contribution in [2.45, 2.75) is 32.9 Å². The van der Waals surface area contributed by atoms with E-state index in [1.165, 1.54) is 21.8 Å². The molecular formula is C21H27BrN4OS. The zero-order valence-electron chi connectivity index (χ0n) is 16.8. The molecule has 2 N–H and O–H groups in total. The second-order valence-corrected chi connectivity index (χ2v) is 9.73. The second kappa shape index (κ2) is 10.2. The molecule has 0 bridgehead atoms. The fourth-order valence-corrected chi connectivity index (χ4v) is 4.64. The van der Waals surface area contributed by atoms with Gasteiger partial charge in [0.25, 0.3) is 0 Å². The maximum Gasteiger partial charge on any atom is 0.244 e. The van der Waals surface area contributed by atoms with E-state index in [9.17, 15) is 10.1 Å². The average Bonchev–Trinajstić information content (AvgIpc) is 2.99. The molecule has 7 heteroatoms. The summed E-state index contributed by atoms with van der Waals surface area (Å²) in [7, 11) is 4.06. The molecule has 0 unspecified atom stereocenters. The van der Waals surface area contributed by atoms with Crippen molar-refractivity contribution in [3.8, 4) is 17.2 Å². The summed E-state index contributed by atoms with van der Waals surface area (Å²) >= 11 is 5.08. The van der Waals surface area contributed by atoms with Gasteiger partial charge in [-0.2, -0.15) is 5.26 Å². The van der Waals surface area contributed by atoms with E-state index in [0.29, 0.717) is 12.3 Å². The summed E-state index contributed by atoms with van der Waals surface area (Å²) in [5.74, 6) is 0.0797. The number of thiophene rings is 1. The second-order valence-electron chi connectivity index (χ2n) is 7.53. The van der Waals surface area contributed by atoms with Crippen molar-refractivity contribution < 1.29 is 4.79 Å². The number of benzene rings is 1. The summed E-state index contributed by atoms with van der Waals surface area (Å²) in [6, 6.07) is 9.74. The van der Waals surface area contributed by atoms with E-state index in [2.05, 4.69) is 39.0 Å². The fraction of sp³-hybridized carbons (Fsp3) is 0.429. The van der Waals surface area contributed by atoms with Crippen LogP contribution in [0.5, 0.6) is 0 Å². The van der Waals surface area contributed by atoms with E-state index in [0.717, 1.165) is 27.1 Å². The highest BCUT2D eigenvalue weighted by Gasteiger charge is 2.28. The largest absolute Gasteiger partial charge is 0.320 e. The Balaban J connectivity index is 2.46. The monoisotopic (exact) mass is 462 g/mol. The van der Waals surface area contributed by atoms with E-state index in [4.69, 9.17) is 5.73 Å². The molecule has 1 heterocycles. The zero-order chi connectivity index (χ0) is 20.8. The van der Waals surface area contributed by atoms with Crippen molar-refractivity contribution in [1.82, 2.24) is 4.90 Å². The molecular weight excluding hydrogens is 436 g/mol. The van der Waals surface area contributed by atoms with Crippen LogP contribution in [0.4, 0.5) is 5.69 Å². The van der Waals surface area contributed by atoms with Gasteiger partial charge >= 0.3 is 0 Å². The number of carbonyl (C=O) groups excluding carboxylic acids is 1. The smallest absolute Gasteiger partial charge is 0.244 e. The van der Waals surface area contributed by atoms with E-state index < -0.39 is 6.04 Å². The third-order valence-corrected chi connectivity index (χ3v) is 5.96. The van der Waals surface area contributed by atoms with Crippen LogP contribution in [0.2, 0.25) is 0 Å². The zero-order valence-corrected chi connectivity index (χ0v) is 19.2. The molecule has 1 atom stereocenters. The Hall–Kier alpha value is -1.72. The van der Waals surface area contributed by atoms with Gasteiger partial charge in [-0.3, -0.25) is 9.69 Å². The van der Waals surface area contributed by atoms with Crippen LogP contribution in [0.25, 0.3) is 11.1 Å². The Kier molecular flexibility index (Phi) is 8.20. The van der Waals surface area contributed by atoms with Crippen molar-refractivity contribution in [3.63, 3.8) is 0 Å². The molecule has 5 nitrogen and oxygen atoms in total. The van der Waals surface area contributed by atoms with E-state index in [1.54, 1.807) is 0 Å².